The summed E-state index contributed by atoms with van der Waals surface area (Å²) in [5, 5.41) is 13.2. The molecule has 0 radical (unpaired) electrons. The number of primary amides is 1. The fraction of sp³-hybridized carbons (Fsp3) is 0.706. The average Bonchev–Trinajstić information content (AvgIpc) is 2.90. The number of nitrogens with two attached hydrogens (primary N) is 1. The summed E-state index contributed by atoms with van der Waals surface area (Å²) in [6, 6.07) is -0.0862. The van der Waals surface area contributed by atoms with Crippen LogP contribution in [-0.4, -0.2) is 45.8 Å². The van der Waals surface area contributed by atoms with Crippen molar-refractivity contribution in [2.75, 3.05) is 11.9 Å². The molecule has 3 rings (SSSR count). The van der Waals surface area contributed by atoms with Gasteiger partial charge < -0.3 is 20.9 Å². The third-order valence-corrected chi connectivity index (χ3v) is 4.97. The Labute approximate surface area is 142 Å². The van der Waals surface area contributed by atoms with Crippen molar-refractivity contribution in [1.82, 2.24) is 9.97 Å². The zero-order chi connectivity index (χ0) is 17.1. The summed E-state index contributed by atoms with van der Waals surface area (Å²) < 4.78 is 5.58. The molecule has 1 heterocycles. The van der Waals surface area contributed by atoms with E-state index in [1.165, 1.54) is 6.20 Å². The fourth-order valence-corrected chi connectivity index (χ4v) is 3.56. The Bertz CT molecular complexity index is 589. The molecule has 4 N–H and O–H groups in total. The molecule has 1 amide bonds. The van der Waals surface area contributed by atoms with E-state index >= 15 is 0 Å². The van der Waals surface area contributed by atoms with Gasteiger partial charge in [0.1, 0.15) is 11.6 Å². The van der Waals surface area contributed by atoms with Crippen LogP contribution in [0.25, 0.3) is 0 Å². The highest BCUT2D eigenvalue weighted by Gasteiger charge is 2.31. The Morgan fingerprint density at radius 1 is 1.46 bits per heavy atom. The average molecular weight is 334 g/mol. The second-order valence-electron chi connectivity index (χ2n) is 6.78. The lowest BCUT2D eigenvalue weighted by atomic mass is 9.80. The van der Waals surface area contributed by atoms with Gasteiger partial charge in [-0.05, 0) is 44.9 Å². The van der Waals surface area contributed by atoms with E-state index in [9.17, 15) is 9.90 Å². The molecule has 2 atom stereocenters. The first-order valence-corrected chi connectivity index (χ1v) is 8.78. The molecular weight excluding hydrogens is 308 g/mol. The van der Waals surface area contributed by atoms with Crippen LogP contribution in [0.1, 0.15) is 55.2 Å². The van der Waals surface area contributed by atoms with E-state index < -0.39 is 12.0 Å². The topological polar surface area (TPSA) is 110 Å². The molecule has 132 valence electrons. The number of carbonyl (C=O) groups is 1. The van der Waals surface area contributed by atoms with Gasteiger partial charge in [-0.15, -0.1) is 0 Å². The van der Waals surface area contributed by atoms with Crippen LogP contribution in [0.15, 0.2) is 6.20 Å². The second kappa shape index (κ2) is 7.44. The summed E-state index contributed by atoms with van der Waals surface area (Å²) in [6.07, 6.45) is 6.84. The van der Waals surface area contributed by atoms with Gasteiger partial charge in [-0.25, -0.2) is 9.97 Å². The molecule has 0 saturated heterocycles. The first-order chi connectivity index (χ1) is 11.6. The van der Waals surface area contributed by atoms with Crippen molar-refractivity contribution in [1.29, 1.82) is 0 Å². The van der Waals surface area contributed by atoms with Gasteiger partial charge in [0, 0.05) is 19.2 Å². The minimum atomic E-state index is -0.559. The first-order valence-electron chi connectivity index (χ1n) is 8.78. The van der Waals surface area contributed by atoms with Gasteiger partial charge in [-0.1, -0.05) is 0 Å². The summed E-state index contributed by atoms with van der Waals surface area (Å²) in [7, 11) is 0. The summed E-state index contributed by atoms with van der Waals surface area (Å²) in [5.74, 6) is 1.11. The zero-order valence-electron chi connectivity index (χ0n) is 14.1. The van der Waals surface area contributed by atoms with Crippen molar-refractivity contribution in [2.24, 2.45) is 11.7 Å². The predicted molar refractivity (Wildman–Crippen MR) is 89.7 cm³/mol. The van der Waals surface area contributed by atoms with Gasteiger partial charge in [0.15, 0.2) is 0 Å². The quantitative estimate of drug-likeness (QED) is 0.692. The minimum Gasteiger partial charge on any atom is -0.391 e. The van der Waals surface area contributed by atoms with Crippen molar-refractivity contribution >= 4 is 11.7 Å². The molecule has 0 bridgehead atoms. The van der Waals surface area contributed by atoms with Gasteiger partial charge in [-0.3, -0.25) is 4.79 Å². The van der Waals surface area contributed by atoms with E-state index in [1.807, 2.05) is 6.92 Å². The molecule has 7 heteroatoms. The molecule has 1 aromatic heterocycles. The van der Waals surface area contributed by atoms with E-state index in [2.05, 4.69) is 15.3 Å². The summed E-state index contributed by atoms with van der Waals surface area (Å²) >= 11 is 0. The molecule has 0 aliphatic heterocycles. The van der Waals surface area contributed by atoms with E-state index in [0.29, 0.717) is 23.7 Å². The Kier molecular flexibility index (Phi) is 5.30. The SMILES string of the molecule is CCOC1CC(Cc2ncc(C(N)=O)c(NC3CCC[C@@H]3O)n2)C1. The smallest absolute Gasteiger partial charge is 0.254 e. The minimum absolute atomic E-state index is 0.0862. The largest absolute Gasteiger partial charge is 0.391 e. The number of hydrogen-bond acceptors (Lipinski definition) is 6. The normalized spacial score (nSPS) is 29.2. The maximum absolute atomic E-state index is 11.6. The van der Waals surface area contributed by atoms with Gasteiger partial charge >= 0.3 is 0 Å². The number of nitrogens with one attached hydrogen (secondary N) is 1. The molecule has 0 spiro atoms. The summed E-state index contributed by atoms with van der Waals surface area (Å²) in [4.78, 5) is 20.4. The van der Waals surface area contributed by atoms with Crippen molar-refractivity contribution < 1.29 is 14.6 Å². The maximum Gasteiger partial charge on any atom is 0.254 e. The second-order valence-corrected chi connectivity index (χ2v) is 6.78. The predicted octanol–water partition coefficient (Wildman–Crippen LogP) is 1.26. The lowest BCUT2D eigenvalue weighted by Gasteiger charge is -2.34. The molecule has 2 aliphatic carbocycles. The Morgan fingerprint density at radius 3 is 2.88 bits per heavy atom. The molecule has 2 aliphatic rings. The molecule has 0 aromatic carbocycles. The lowest BCUT2D eigenvalue weighted by Crippen LogP contribution is -2.33. The number of anilines is 1. The monoisotopic (exact) mass is 334 g/mol. The van der Waals surface area contributed by atoms with Crippen LogP contribution in [0.2, 0.25) is 0 Å². The van der Waals surface area contributed by atoms with Crippen LogP contribution in [0, 0.1) is 5.92 Å². The fourth-order valence-electron chi connectivity index (χ4n) is 3.56. The molecule has 2 fully saturated rings. The van der Waals surface area contributed by atoms with Gasteiger partial charge in [0.2, 0.25) is 0 Å². The molecule has 24 heavy (non-hydrogen) atoms. The van der Waals surface area contributed by atoms with Crippen LogP contribution in [-0.2, 0) is 11.2 Å². The zero-order valence-corrected chi connectivity index (χ0v) is 14.1. The Balaban J connectivity index is 1.68. The standard InChI is InChI=1S/C17H26N4O3/c1-2-24-11-6-10(7-11)8-15-19-9-12(16(18)23)17(21-15)20-13-4-3-5-14(13)22/h9-11,13-14,22H,2-8H2,1H3,(H2,18,23)(H,19,20,21)/t10?,11?,13?,14-/m0/s1. The van der Waals surface area contributed by atoms with Crippen LogP contribution in [0.3, 0.4) is 0 Å². The number of rotatable bonds is 7. The number of nitrogens with zero attached hydrogens (tertiary/aromatic N) is 2. The highest BCUT2D eigenvalue weighted by atomic mass is 16.5. The number of hydrogen-bond donors (Lipinski definition) is 3. The van der Waals surface area contributed by atoms with Crippen LogP contribution >= 0.6 is 0 Å². The summed E-state index contributed by atoms with van der Waals surface area (Å²) in [5.41, 5.74) is 5.70. The molecule has 1 aromatic rings. The van der Waals surface area contributed by atoms with Crippen LogP contribution < -0.4 is 11.1 Å². The molecule has 2 saturated carbocycles. The van der Waals surface area contributed by atoms with Gasteiger partial charge in [0.25, 0.3) is 5.91 Å². The van der Waals surface area contributed by atoms with E-state index in [0.717, 1.165) is 45.1 Å². The lowest BCUT2D eigenvalue weighted by molar-refractivity contribution is -0.0245. The highest BCUT2D eigenvalue weighted by molar-refractivity contribution is 5.97. The highest BCUT2D eigenvalue weighted by Crippen LogP contribution is 2.32. The van der Waals surface area contributed by atoms with E-state index in [4.69, 9.17) is 10.5 Å². The maximum atomic E-state index is 11.6. The molecule has 1 unspecified atom stereocenters. The third kappa shape index (κ3) is 3.84. The Hall–Kier alpha value is -1.73. The van der Waals surface area contributed by atoms with Gasteiger partial charge in [-0.2, -0.15) is 0 Å². The first kappa shape index (κ1) is 17.1. The molecular formula is C17H26N4O3. The van der Waals surface area contributed by atoms with E-state index in [1.54, 1.807) is 0 Å². The number of ether oxygens (including phenoxy) is 1. The number of aliphatic hydroxyl groups is 1. The number of amides is 1. The number of aromatic nitrogens is 2. The van der Waals surface area contributed by atoms with Crippen molar-refractivity contribution in [2.45, 2.75) is 63.7 Å². The number of carbonyl (C=O) groups excluding carboxylic acids is 1. The van der Waals surface area contributed by atoms with Crippen molar-refractivity contribution in [3.05, 3.63) is 17.6 Å². The van der Waals surface area contributed by atoms with Crippen LogP contribution in [0.4, 0.5) is 5.82 Å². The van der Waals surface area contributed by atoms with Crippen molar-refractivity contribution in [3.8, 4) is 0 Å². The third-order valence-electron chi connectivity index (χ3n) is 4.97. The van der Waals surface area contributed by atoms with Crippen LogP contribution in [0.5, 0.6) is 0 Å². The van der Waals surface area contributed by atoms with Gasteiger partial charge in [0.05, 0.1) is 23.8 Å². The molecule has 7 nitrogen and oxygen atoms in total. The van der Waals surface area contributed by atoms with E-state index in [-0.39, 0.29) is 11.6 Å². The summed E-state index contributed by atoms with van der Waals surface area (Å²) in [6.45, 7) is 2.76. The number of aliphatic hydroxyl groups excluding tert-OH is 1. The van der Waals surface area contributed by atoms with Crippen molar-refractivity contribution in [3.63, 3.8) is 0 Å². The Morgan fingerprint density at radius 2 is 2.25 bits per heavy atom.